The Morgan fingerprint density at radius 1 is 1.19 bits per heavy atom. The third-order valence-corrected chi connectivity index (χ3v) is 3.96. The molecule has 0 aromatic carbocycles. The maximum Gasteiger partial charge on any atom is 0.325 e. The summed E-state index contributed by atoms with van der Waals surface area (Å²) in [7, 11) is -4.84. The summed E-state index contributed by atoms with van der Waals surface area (Å²) in [6, 6.07) is 0. The van der Waals surface area contributed by atoms with E-state index in [4.69, 9.17) is 20.5 Å². The van der Waals surface area contributed by atoms with Crippen LogP contribution >= 0.6 is 0 Å². The van der Waals surface area contributed by atoms with Crippen LogP contribution in [0.15, 0.2) is 0 Å². The molecule has 0 aliphatic rings. The quantitative estimate of drug-likeness (QED) is 0.456. The summed E-state index contributed by atoms with van der Waals surface area (Å²) in [6.45, 7) is 5.31. The van der Waals surface area contributed by atoms with Crippen LogP contribution in [0.4, 0.5) is 0 Å². The van der Waals surface area contributed by atoms with Gasteiger partial charge in [0.05, 0.1) is 6.42 Å². The van der Waals surface area contributed by atoms with E-state index in [0.29, 0.717) is 0 Å². The Labute approximate surface area is 125 Å². The summed E-state index contributed by atoms with van der Waals surface area (Å²) < 4.78 is 28.7. The molecule has 0 aromatic rings. The van der Waals surface area contributed by atoms with Crippen LogP contribution < -0.4 is 5.73 Å². The van der Waals surface area contributed by atoms with Gasteiger partial charge in [0, 0.05) is 0 Å². The van der Waals surface area contributed by atoms with Crippen LogP contribution in [0.2, 0.25) is 0 Å². The Kier molecular flexibility index (Phi) is 12.1. The number of rotatable bonds is 9. The first kappa shape index (κ1) is 22.1. The first-order valence-electron chi connectivity index (χ1n) is 6.70. The molecule has 2 atom stereocenters. The van der Waals surface area contributed by atoms with Crippen LogP contribution in [0.25, 0.3) is 0 Å². The zero-order valence-corrected chi connectivity index (χ0v) is 13.2. The second kappa shape index (κ2) is 11.5. The van der Waals surface area contributed by atoms with E-state index in [1.807, 2.05) is 0 Å². The van der Waals surface area contributed by atoms with E-state index in [0.717, 1.165) is 12.5 Å². The molecule has 0 bridgehead atoms. The lowest BCUT2D eigenvalue weighted by molar-refractivity contribution is -0.143. The molecule has 0 rings (SSSR count). The SMILES string of the molecule is CCCCC(CC)CN.O=C(O)CC(C(=O)O)S(=O)(=O)O. The van der Waals surface area contributed by atoms with Gasteiger partial charge in [-0.25, -0.2) is 0 Å². The number of aliphatic carboxylic acids is 2. The van der Waals surface area contributed by atoms with E-state index in [-0.39, 0.29) is 0 Å². The molecule has 5 N–H and O–H groups in total. The summed E-state index contributed by atoms with van der Waals surface area (Å²) in [5.74, 6) is -2.72. The maximum atomic E-state index is 10.2. The van der Waals surface area contributed by atoms with E-state index in [9.17, 15) is 18.0 Å². The van der Waals surface area contributed by atoms with Gasteiger partial charge in [0.1, 0.15) is 0 Å². The van der Waals surface area contributed by atoms with Gasteiger partial charge in [0.25, 0.3) is 10.1 Å². The predicted molar refractivity (Wildman–Crippen MR) is 77.6 cm³/mol. The molecule has 0 aliphatic heterocycles. The van der Waals surface area contributed by atoms with E-state index in [1.165, 1.54) is 25.7 Å². The number of carboxylic acid groups (broad SMARTS) is 2. The second-order valence-electron chi connectivity index (χ2n) is 4.59. The molecule has 0 saturated heterocycles. The Hall–Kier alpha value is -1.19. The molecule has 9 heteroatoms. The van der Waals surface area contributed by atoms with Crippen LogP contribution in [-0.4, -0.2) is 46.9 Å². The summed E-state index contributed by atoms with van der Waals surface area (Å²) >= 11 is 0. The summed E-state index contributed by atoms with van der Waals surface area (Å²) in [5, 5.41) is 13.9. The lowest BCUT2D eigenvalue weighted by Gasteiger charge is -2.09. The number of hydrogen-bond donors (Lipinski definition) is 4. The van der Waals surface area contributed by atoms with Gasteiger partial charge < -0.3 is 15.9 Å². The molecule has 8 nitrogen and oxygen atoms in total. The van der Waals surface area contributed by atoms with Gasteiger partial charge in [-0.15, -0.1) is 0 Å². The lowest BCUT2D eigenvalue weighted by Crippen LogP contribution is -2.31. The molecule has 21 heavy (non-hydrogen) atoms. The predicted octanol–water partition coefficient (Wildman–Crippen LogP) is 0.964. The molecule has 0 fully saturated rings. The minimum atomic E-state index is -4.84. The molecule has 2 unspecified atom stereocenters. The number of unbranched alkanes of at least 4 members (excludes halogenated alkanes) is 1. The highest BCUT2D eigenvalue weighted by Gasteiger charge is 2.33. The summed E-state index contributed by atoms with van der Waals surface area (Å²) in [4.78, 5) is 20.0. The molecule has 0 radical (unpaired) electrons. The summed E-state index contributed by atoms with van der Waals surface area (Å²) in [5.41, 5.74) is 5.52. The second-order valence-corrected chi connectivity index (χ2v) is 6.19. The van der Waals surface area contributed by atoms with Gasteiger partial charge in [-0.1, -0.05) is 33.1 Å². The first-order chi connectivity index (χ1) is 9.59. The smallest absolute Gasteiger partial charge is 0.325 e. The topological polar surface area (TPSA) is 155 Å². The molecule has 0 spiro atoms. The first-order valence-corrected chi connectivity index (χ1v) is 8.21. The largest absolute Gasteiger partial charge is 0.481 e. The number of carbonyl (C=O) groups is 2. The van der Waals surface area contributed by atoms with Crippen LogP contribution in [0.3, 0.4) is 0 Å². The fourth-order valence-electron chi connectivity index (χ4n) is 1.46. The Balaban J connectivity index is 0. The minimum absolute atomic E-state index is 0.782. The van der Waals surface area contributed by atoms with Gasteiger partial charge in [-0.2, -0.15) is 8.42 Å². The van der Waals surface area contributed by atoms with Gasteiger partial charge >= 0.3 is 11.9 Å². The van der Waals surface area contributed by atoms with E-state index >= 15 is 0 Å². The minimum Gasteiger partial charge on any atom is -0.481 e. The van der Waals surface area contributed by atoms with Gasteiger partial charge in [-0.05, 0) is 18.9 Å². The van der Waals surface area contributed by atoms with Crippen molar-refractivity contribution in [3.05, 3.63) is 0 Å². The third-order valence-electron chi connectivity index (χ3n) is 2.87. The Morgan fingerprint density at radius 2 is 1.71 bits per heavy atom. The fourth-order valence-corrected chi connectivity index (χ4v) is 2.07. The molecule has 0 aromatic heterocycles. The van der Waals surface area contributed by atoms with Crippen LogP contribution in [0.1, 0.15) is 46.0 Å². The van der Waals surface area contributed by atoms with Gasteiger partial charge in [0.15, 0.2) is 5.25 Å². The molecule has 0 heterocycles. The zero-order chi connectivity index (χ0) is 17.1. The Bertz CT molecular complexity index is 404. The van der Waals surface area contributed by atoms with Crippen molar-refractivity contribution in [1.82, 2.24) is 0 Å². The number of hydrogen-bond acceptors (Lipinski definition) is 5. The van der Waals surface area contributed by atoms with Crippen molar-refractivity contribution in [2.24, 2.45) is 11.7 Å². The Morgan fingerprint density at radius 3 is 1.90 bits per heavy atom. The summed E-state index contributed by atoms with van der Waals surface area (Å²) in [6.07, 6.45) is 4.06. The van der Waals surface area contributed by atoms with Crippen LogP contribution in [-0.2, 0) is 19.7 Å². The van der Waals surface area contributed by atoms with E-state index < -0.39 is 33.7 Å². The van der Waals surface area contributed by atoms with Crippen molar-refractivity contribution >= 4 is 22.1 Å². The highest BCUT2D eigenvalue weighted by Crippen LogP contribution is 2.09. The number of carboxylic acids is 2. The number of nitrogens with two attached hydrogens (primary N) is 1. The van der Waals surface area contributed by atoms with Crippen molar-refractivity contribution < 1.29 is 32.8 Å². The normalized spacial score (nSPS) is 13.7. The van der Waals surface area contributed by atoms with Crippen LogP contribution in [0.5, 0.6) is 0 Å². The molecule has 0 saturated carbocycles. The highest BCUT2D eigenvalue weighted by atomic mass is 32.2. The molecule has 0 aliphatic carbocycles. The molecule has 126 valence electrons. The highest BCUT2D eigenvalue weighted by molar-refractivity contribution is 7.87. The third kappa shape index (κ3) is 12.3. The monoisotopic (exact) mass is 327 g/mol. The molecular weight excluding hydrogens is 302 g/mol. The fraction of sp³-hybridized carbons (Fsp3) is 0.833. The standard InChI is InChI=1S/C8H19N.C4H6O7S/c1-3-5-6-8(4-2)7-9;5-3(6)1-2(4(7)8)12(9,10)11/h8H,3-7,9H2,1-2H3;2H,1H2,(H,5,6)(H,7,8)(H,9,10,11). The molecule has 0 amide bonds. The zero-order valence-electron chi connectivity index (χ0n) is 12.4. The van der Waals surface area contributed by atoms with E-state index in [1.54, 1.807) is 0 Å². The van der Waals surface area contributed by atoms with Gasteiger partial charge in [-0.3, -0.25) is 14.1 Å². The maximum absolute atomic E-state index is 10.2. The lowest BCUT2D eigenvalue weighted by atomic mass is 10.00. The van der Waals surface area contributed by atoms with Crippen molar-refractivity contribution in [2.45, 2.75) is 51.2 Å². The average Bonchev–Trinajstić information content (AvgIpc) is 2.36. The average molecular weight is 327 g/mol. The van der Waals surface area contributed by atoms with Crippen molar-refractivity contribution in [3.63, 3.8) is 0 Å². The van der Waals surface area contributed by atoms with Gasteiger partial charge in [0.2, 0.25) is 0 Å². The van der Waals surface area contributed by atoms with Crippen molar-refractivity contribution in [3.8, 4) is 0 Å². The van der Waals surface area contributed by atoms with Crippen LogP contribution in [0, 0.1) is 5.92 Å². The van der Waals surface area contributed by atoms with Crippen molar-refractivity contribution in [1.29, 1.82) is 0 Å². The van der Waals surface area contributed by atoms with E-state index in [2.05, 4.69) is 13.8 Å². The van der Waals surface area contributed by atoms with Crippen molar-refractivity contribution in [2.75, 3.05) is 6.54 Å². The molecular formula is C12H25NO7S.